The molecule has 4 nitrogen and oxygen atoms in total. The Bertz CT molecular complexity index is 444. The molecule has 0 saturated carbocycles. The Labute approximate surface area is 95.7 Å². The summed E-state index contributed by atoms with van der Waals surface area (Å²) in [7, 11) is -3.32. The van der Waals surface area contributed by atoms with Gasteiger partial charge in [0.25, 0.3) is 0 Å². The highest BCUT2D eigenvalue weighted by molar-refractivity contribution is 7.89. The fourth-order valence-corrected chi connectivity index (χ4v) is 3.12. The zero-order chi connectivity index (χ0) is 11.6. The Morgan fingerprint density at radius 3 is 2.69 bits per heavy atom. The normalized spacial score (nSPS) is 29.6. The van der Waals surface area contributed by atoms with Gasteiger partial charge in [0.1, 0.15) is 5.25 Å². The zero-order valence-electron chi connectivity index (χ0n) is 9.09. The molecule has 16 heavy (non-hydrogen) atoms. The number of ether oxygens (including phenoxy) is 1. The summed E-state index contributed by atoms with van der Waals surface area (Å²) >= 11 is 0. The fraction of sp³-hybridized carbons (Fsp3) is 0.455. The third-order valence-corrected chi connectivity index (χ3v) is 4.38. The van der Waals surface area contributed by atoms with E-state index in [0.29, 0.717) is 6.54 Å². The molecule has 0 aromatic heterocycles. The number of hydrogen-bond acceptors (Lipinski definition) is 3. The molecule has 1 aliphatic rings. The van der Waals surface area contributed by atoms with Gasteiger partial charge < -0.3 is 4.74 Å². The second-order valence-electron chi connectivity index (χ2n) is 3.94. The highest BCUT2D eigenvalue weighted by Crippen LogP contribution is 2.24. The molecule has 1 saturated heterocycles. The van der Waals surface area contributed by atoms with Crippen molar-refractivity contribution in [3.63, 3.8) is 0 Å². The maximum absolute atomic E-state index is 12.0. The van der Waals surface area contributed by atoms with Crippen LogP contribution in [0.15, 0.2) is 30.3 Å². The largest absolute Gasteiger partial charge is 0.375 e. The van der Waals surface area contributed by atoms with Crippen molar-refractivity contribution in [1.29, 1.82) is 0 Å². The van der Waals surface area contributed by atoms with E-state index in [9.17, 15) is 8.42 Å². The summed E-state index contributed by atoms with van der Waals surface area (Å²) in [5.74, 6) is 0. The first-order chi connectivity index (χ1) is 7.59. The van der Waals surface area contributed by atoms with Crippen LogP contribution in [-0.4, -0.2) is 27.7 Å². The Hall–Kier alpha value is -0.910. The molecule has 0 bridgehead atoms. The number of sulfonamides is 1. The molecule has 0 amide bonds. The van der Waals surface area contributed by atoms with Gasteiger partial charge in [-0.3, -0.25) is 0 Å². The first kappa shape index (κ1) is 11.6. The zero-order valence-corrected chi connectivity index (χ0v) is 9.91. The Balaban J connectivity index is 2.32. The second kappa shape index (κ2) is 4.53. The lowest BCUT2D eigenvalue weighted by Crippen LogP contribution is -2.30. The molecular formula is C11H15NO3S. The molecule has 5 heteroatoms. The van der Waals surface area contributed by atoms with Crippen LogP contribution in [0.4, 0.5) is 0 Å². The first-order valence-electron chi connectivity index (χ1n) is 5.24. The van der Waals surface area contributed by atoms with Crippen molar-refractivity contribution >= 4 is 10.0 Å². The first-order valence-corrected chi connectivity index (χ1v) is 6.79. The van der Waals surface area contributed by atoms with Crippen LogP contribution in [0, 0.1) is 0 Å². The summed E-state index contributed by atoms with van der Waals surface area (Å²) in [6.45, 7) is 2.40. The van der Waals surface area contributed by atoms with Crippen molar-refractivity contribution in [3.05, 3.63) is 35.9 Å². The molecule has 1 N–H and O–H groups in total. The lowest BCUT2D eigenvalue weighted by molar-refractivity contribution is 0.0752. The summed E-state index contributed by atoms with van der Waals surface area (Å²) in [5, 5.41) is -0.612. The van der Waals surface area contributed by atoms with Crippen LogP contribution >= 0.6 is 0 Å². The predicted molar refractivity (Wildman–Crippen MR) is 61.5 cm³/mol. The molecular weight excluding hydrogens is 226 g/mol. The molecule has 1 aliphatic heterocycles. The van der Waals surface area contributed by atoms with Crippen molar-refractivity contribution in [3.8, 4) is 0 Å². The average molecular weight is 241 g/mol. The van der Waals surface area contributed by atoms with Gasteiger partial charge in [0.2, 0.25) is 10.0 Å². The van der Waals surface area contributed by atoms with Gasteiger partial charge in [-0.2, -0.15) is 0 Å². The minimum atomic E-state index is -3.32. The van der Waals surface area contributed by atoms with E-state index in [1.165, 1.54) is 0 Å². The minimum absolute atomic E-state index is 0.0801. The SMILES string of the molecule is C[C@@H]1CNS(=O)(=O)[C@@H](c2ccccc2)CO1. The van der Waals surface area contributed by atoms with Crippen molar-refractivity contribution in [2.45, 2.75) is 18.3 Å². The quantitative estimate of drug-likeness (QED) is 0.800. The molecule has 2 atom stereocenters. The Morgan fingerprint density at radius 2 is 2.00 bits per heavy atom. The third-order valence-electron chi connectivity index (χ3n) is 2.65. The number of nitrogens with one attached hydrogen (secondary N) is 1. The van der Waals surface area contributed by atoms with Crippen molar-refractivity contribution in [1.82, 2.24) is 4.72 Å². The molecule has 1 aromatic carbocycles. The van der Waals surface area contributed by atoms with E-state index in [1.54, 1.807) is 0 Å². The van der Waals surface area contributed by atoms with E-state index in [-0.39, 0.29) is 12.7 Å². The van der Waals surface area contributed by atoms with Crippen LogP contribution in [0.2, 0.25) is 0 Å². The topological polar surface area (TPSA) is 55.4 Å². The summed E-state index contributed by atoms with van der Waals surface area (Å²) in [4.78, 5) is 0. The number of rotatable bonds is 1. The van der Waals surface area contributed by atoms with Gasteiger partial charge in [-0.1, -0.05) is 30.3 Å². The van der Waals surface area contributed by atoms with Gasteiger partial charge in [-0.25, -0.2) is 13.1 Å². The van der Waals surface area contributed by atoms with Gasteiger partial charge in [-0.05, 0) is 12.5 Å². The monoisotopic (exact) mass is 241 g/mol. The molecule has 0 unspecified atom stereocenters. The number of benzene rings is 1. The van der Waals surface area contributed by atoms with E-state index in [0.717, 1.165) is 5.56 Å². The summed E-state index contributed by atoms with van der Waals surface area (Å²) in [5.41, 5.74) is 0.768. The molecule has 1 fully saturated rings. The minimum Gasteiger partial charge on any atom is -0.375 e. The van der Waals surface area contributed by atoms with Crippen molar-refractivity contribution in [2.75, 3.05) is 13.2 Å². The van der Waals surface area contributed by atoms with Crippen LogP contribution in [0.3, 0.4) is 0 Å². The Morgan fingerprint density at radius 1 is 1.31 bits per heavy atom. The third kappa shape index (κ3) is 2.42. The maximum Gasteiger partial charge on any atom is 0.221 e. The number of hydrogen-bond donors (Lipinski definition) is 1. The lowest BCUT2D eigenvalue weighted by atomic mass is 10.1. The van der Waals surface area contributed by atoms with Crippen LogP contribution < -0.4 is 4.72 Å². The van der Waals surface area contributed by atoms with Gasteiger partial charge in [0.15, 0.2) is 0 Å². The van der Waals surface area contributed by atoms with E-state index in [4.69, 9.17) is 4.74 Å². The van der Waals surface area contributed by atoms with Crippen LogP contribution in [0.5, 0.6) is 0 Å². The van der Waals surface area contributed by atoms with E-state index in [1.807, 2.05) is 37.3 Å². The van der Waals surface area contributed by atoms with Crippen LogP contribution in [0.1, 0.15) is 17.7 Å². The lowest BCUT2D eigenvalue weighted by Gasteiger charge is -2.14. The van der Waals surface area contributed by atoms with E-state index in [2.05, 4.69) is 4.72 Å². The predicted octanol–water partition coefficient (Wildman–Crippen LogP) is 1.07. The molecule has 1 heterocycles. The van der Waals surface area contributed by atoms with Gasteiger partial charge >= 0.3 is 0 Å². The van der Waals surface area contributed by atoms with Crippen molar-refractivity contribution in [2.24, 2.45) is 0 Å². The second-order valence-corrected chi connectivity index (χ2v) is 5.88. The average Bonchev–Trinajstić information content (AvgIpc) is 2.40. The Kier molecular flexibility index (Phi) is 3.28. The maximum atomic E-state index is 12.0. The summed E-state index contributed by atoms with van der Waals surface area (Å²) < 4.78 is 31.9. The van der Waals surface area contributed by atoms with Gasteiger partial charge in [-0.15, -0.1) is 0 Å². The van der Waals surface area contributed by atoms with E-state index < -0.39 is 15.3 Å². The molecule has 2 rings (SSSR count). The highest BCUT2D eigenvalue weighted by Gasteiger charge is 2.30. The molecule has 0 aliphatic carbocycles. The summed E-state index contributed by atoms with van der Waals surface area (Å²) in [6.07, 6.45) is -0.0801. The molecule has 0 radical (unpaired) electrons. The standard InChI is InChI=1S/C11H15NO3S/c1-9-7-12-16(13,14)11(8-15-9)10-5-3-2-4-6-10/h2-6,9,11-12H,7-8H2,1H3/t9-,11-/m1/s1. The van der Waals surface area contributed by atoms with E-state index >= 15 is 0 Å². The van der Waals surface area contributed by atoms with Crippen LogP contribution in [-0.2, 0) is 14.8 Å². The molecule has 88 valence electrons. The van der Waals surface area contributed by atoms with Gasteiger partial charge in [0, 0.05) is 6.54 Å². The molecule has 1 aromatic rings. The molecule has 0 spiro atoms. The highest BCUT2D eigenvalue weighted by atomic mass is 32.2. The fourth-order valence-electron chi connectivity index (χ4n) is 1.68. The van der Waals surface area contributed by atoms with Gasteiger partial charge in [0.05, 0.1) is 12.7 Å². The summed E-state index contributed by atoms with van der Waals surface area (Å²) in [6, 6.07) is 9.15. The van der Waals surface area contributed by atoms with Crippen LogP contribution in [0.25, 0.3) is 0 Å². The van der Waals surface area contributed by atoms with Crippen molar-refractivity contribution < 1.29 is 13.2 Å². The smallest absolute Gasteiger partial charge is 0.221 e.